The maximum Gasteiger partial charge on any atom is 0.308 e. The average molecular weight is 482 g/mol. The standard InChI is InChI=1S/C25H26N2O8/c1-14(26-32-5)25-22(34-16(3)29)12-19(13-23(25)35-17(4)30)18-8-9-20(21(11-18)33-15(2)28)27-10-6-7-24(27)31/h8-9,11-13H,6-7,10H2,1-5H3/b26-14-. The Kier molecular flexibility index (Phi) is 7.85. The van der Waals surface area contributed by atoms with Crippen LogP contribution < -0.4 is 19.1 Å². The fourth-order valence-electron chi connectivity index (χ4n) is 3.82. The van der Waals surface area contributed by atoms with E-state index in [0.717, 1.165) is 0 Å². The van der Waals surface area contributed by atoms with E-state index in [1.54, 1.807) is 42.2 Å². The highest BCUT2D eigenvalue weighted by molar-refractivity contribution is 6.05. The fourth-order valence-corrected chi connectivity index (χ4v) is 3.82. The molecule has 10 heteroatoms. The Morgan fingerprint density at radius 3 is 1.86 bits per heavy atom. The fraction of sp³-hybridized carbons (Fsp3) is 0.320. The first-order valence-corrected chi connectivity index (χ1v) is 10.9. The largest absolute Gasteiger partial charge is 0.426 e. The summed E-state index contributed by atoms with van der Waals surface area (Å²) in [6.45, 7) is 5.88. The summed E-state index contributed by atoms with van der Waals surface area (Å²) >= 11 is 0. The summed E-state index contributed by atoms with van der Waals surface area (Å²) in [4.78, 5) is 54.1. The summed E-state index contributed by atoms with van der Waals surface area (Å²) in [6, 6.07) is 8.16. The molecule has 35 heavy (non-hydrogen) atoms. The van der Waals surface area contributed by atoms with Crippen molar-refractivity contribution in [3.63, 3.8) is 0 Å². The van der Waals surface area contributed by atoms with Crippen molar-refractivity contribution in [2.75, 3.05) is 18.6 Å². The number of nitrogens with zero attached hydrogens (tertiary/aromatic N) is 2. The number of anilines is 1. The smallest absolute Gasteiger partial charge is 0.308 e. The van der Waals surface area contributed by atoms with E-state index in [1.165, 1.54) is 27.9 Å². The first kappa shape index (κ1) is 25.4. The van der Waals surface area contributed by atoms with Gasteiger partial charge in [-0.3, -0.25) is 19.2 Å². The highest BCUT2D eigenvalue weighted by atomic mass is 16.6. The normalized spacial score (nSPS) is 13.5. The molecule has 2 aromatic rings. The number of ether oxygens (including phenoxy) is 3. The van der Waals surface area contributed by atoms with E-state index < -0.39 is 17.9 Å². The van der Waals surface area contributed by atoms with Crippen molar-refractivity contribution in [2.45, 2.75) is 40.5 Å². The molecule has 1 amide bonds. The van der Waals surface area contributed by atoms with Crippen molar-refractivity contribution in [3.8, 4) is 28.4 Å². The van der Waals surface area contributed by atoms with Gasteiger partial charge in [-0.1, -0.05) is 11.2 Å². The first-order chi connectivity index (χ1) is 16.6. The average Bonchev–Trinajstić information content (AvgIpc) is 3.18. The van der Waals surface area contributed by atoms with Gasteiger partial charge in [-0.05, 0) is 48.7 Å². The van der Waals surface area contributed by atoms with Crippen molar-refractivity contribution in [1.29, 1.82) is 0 Å². The van der Waals surface area contributed by atoms with Crippen LogP contribution in [0.2, 0.25) is 0 Å². The zero-order valence-corrected chi connectivity index (χ0v) is 20.2. The van der Waals surface area contributed by atoms with Gasteiger partial charge < -0.3 is 23.9 Å². The Labute approximate surface area is 202 Å². The van der Waals surface area contributed by atoms with Crippen molar-refractivity contribution in [2.24, 2.45) is 5.16 Å². The quantitative estimate of drug-likeness (QED) is 0.254. The molecule has 0 spiro atoms. The summed E-state index contributed by atoms with van der Waals surface area (Å²) in [5.74, 6) is -1.39. The second kappa shape index (κ2) is 10.8. The van der Waals surface area contributed by atoms with Crippen LogP contribution in [0, 0.1) is 0 Å². The molecule has 10 nitrogen and oxygen atoms in total. The molecule has 0 aliphatic carbocycles. The van der Waals surface area contributed by atoms with E-state index in [0.29, 0.717) is 41.9 Å². The maximum atomic E-state index is 12.3. The summed E-state index contributed by atoms with van der Waals surface area (Å²) in [7, 11) is 1.36. The van der Waals surface area contributed by atoms with Crippen molar-refractivity contribution in [3.05, 3.63) is 35.9 Å². The third-order valence-electron chi connectivity index (χ3n) is 5.07. The Morgan fingerprint density at radius 1 is 0.829 bits per heavy atom. The van der Waals surface area contributed by atoms with Crippen LogP contribution in [0.5, 0.6) is 17.2 Å². The third kappa shape index (κ3) is 6.03. The van der Waals surface area contributed by atoms with Crippen LogP contribution in [0.3, 0.4) is 0 Å². The van der Waals surface area contributed by atoms with Gasteiger partial charge in [0.1, 0.15) is 18.6 Å². The summed E-state index contributed by atoms with van der Waals surface area (Å²) in [6.07, 6.45) is 1.13. The molecule has 2 aromatic carbocycles. The van der Waals surface area contributed by atoms with E-state index in [2.05, 4.69) is 5.16 Å². The summed E-state index contributed by atoms with van der Waals surface area (Å²) < 4.78 is 16.2. The molecule has 1 heterocycles. The van der Waals surface area contributed by atoms with E-state index in [9.17, 15) is 19.2 Å². The minimum atomic E-state index is -0.592. The van der Waals surface area contributed by atoms with Crippen LogP contribution in [0.25, 0.3) is 11.1 Å². The van der Waals surface area contributed by atoms with Crippen LogP contribution in [0.4, 0.5) is 5.69 Å². The van der Waals surface area contributed by atoms with Gasteiger partial charge in [-0.25, -0.2) is 0 Å². The molecule has 0 unspecified atom stereocenters. The van der Waals surface area contributed by atoms with Crippen molar-refractivity contribution in [1.82, 2.24) is 0 Å². The number of hydrogen-bond acceptors (Lipinski definition) is 9. The monoisotopic (exact) mass is 482 g/mol. The Morgan fingerprint density at radius 2 is 1.37 bits per heavy atom. The topological polar surface area (TPSA) is 121 Å². The SMILES string of the molecule is CO/N=C(/C)c1c(OC(C)=O)cc(-c2ccc(N3CCCC3=O)c(OC(C)=O)c2)cc1OC(C)=O. The van der Waals surface area contributed by atoms with Crippen LogP contribution in [0.1, 0.15) is 46.1 Å². The lowest BCUT2D eigenvalue weighted by molar-refractivity contribution is -0.133. The van der Waals surface area contributed by atoms with Gasteiger partial charge in [-0.2, -0.15) is 0 Å². The molecule has 0 saturated carbocycles. The number of amides is 1. The molecule has 0 N–H and O–H groups in total. The number of oxime groups is 1. The molecule has 1 saturated heterocycles. The minimum absolute atomic E-state index is 0.0577. The predicted molar refractivity (Wildman–Crippen MR) is 127 cm³/mol. The lowest BCUT2D eigenvalue weighted by Gasteiger charge is -2.20. The Balaban J connectivity index is 2.21. The second-order valence-corrected chi connectivity index (χ2v) is 7.82. The third-order valence-corrected chi connectivity index (χ3v) is 5.07. The van der Waals surface area contributed by atoms with Crippen LogP contribution in [0.15, 0.2) is 35.5 Å². The highest BCUT2D eigenvalue weighted by Gasteiger charge is 2.26. The molecule has 1 aliphatic heterocycles. The van der Waals surface area contributed by atoms with Crippen LogP contribution in [-0.4, -0.2) is 43.2 Å². The lowest BCUT2D eigenvalue weighted by atomic mass is 9.99. The number of hydrogen-bond donors (Lipinski definition) is 0. The molecular weight excluding hydrogens is 456 g/mol. The van der Waals surface area contributed by atoms with E-state index in [-0.39, 0.29) is 28.7 Å². The molecule has 0 atom stereocenters. The van der Waals surface area contributed by atoms with Gasteiger partial charge in [0.25, 0.3) is 0 Å². The molecule has 1 fully saturated rings. The first-order valence-electron chi connectivity index (χ1n) is 10.9. The number of esters is 3. The van der Waals surface area contributed by atoms with Gasteiger partial charge in [0, 0.05) is 33.7 Å². The predicted octanol–water partition coefficient (Wildman–Crippen LogP) is 3.63. The Bertz CT molecular complexity index is 1180. The number of rotatable bonds is 7. The zero-order valence-electron chi connectivity index (χ0n) is 20.2. The van der Waals surface area contributed by atoms with E-state index in [1.807, 2.05) is 0 Å². The van der Waals surface area contributed by atoms with Crippen LogP contribution >= 0.6 is 0 Å². The van der Waals surface area contributed by atoms with Gasteiger partial charge in [0.05, 0.1) is 17.0 Å². The molecule has 0 bridgehead atoms. The van der Waals surface area contributed by atoms with E-state index >= 15 is 0 Å². The van der Waals surface area contributed by atoms with E-state index in [4.69, 9.17) is 19.0 Å². The molecular formula is C25H26N2O8. The van der Waals surface area contributed by atoms with Gasteiger partial charge in [0.15, 0.2) is 5.75 Å². The second-order valence-electron chi connectivity index (χ2n) is 7.82. The van der Waals surface area contributed by atoms with Gasteiger partial charge >= 0.3 is 17.9 Å². The van der Waals surface area contributed by atoms with Crippen LogP contribution in [-0.2, 0) is 24.0 Å². The van der Waals surface area contributed by atoms with Crippen molar-refractivity contribution >= 4 is 35.2 Å². The van der Waals surface area contributed by atoms with Gasteiger partial charge in [0.2, 0.25) is 5.91 Å². The zero-order chi connectivity index (χ0) is 25.7. The molecule has 1 aliphatic rings. The molecule has 0 radical (unpaired) electrons. The summed E-state index contributed by atoms with van der Waals surface area (Å²) in [5.41, 5.74) is 2.12. The van der Waals surface area contributed by atoms with Gasteiger partial charge in [-0.15, -0.1) is 0 Å². The summed E-state index contributed by atoms with van der Waals surface area (Å²) in [5, 5.41) is 3.88. The maximum absolute atomic E-state index is 12.3. The number of carbonyl (C=O) groups is 4. The lowest BCUT2D eigenvalue weighted by Crippen LogP contribution is -2.24. The minimum Gasteiger partial charge on any atom is -0.426 e. The molecule has 3 rings (SSSR count). The number of carbonyl (C=O) groups excluding carboxylic acids is 4. The highest BCUT2D eigenvalue weighted by Crippen LogP contribution is 2.40. The molecule has 184 valence electrons. The Hall–Kier alpha value is -4.21. The number of benzene rings is 2. The van der Waals surface area contributed by atoms with Crippen molar-refractivity contribution < 1.29 is 38.2 Å². The molecule has 0 aromatic heterocycles.